The summed E-state index contributed by atoms with van der Waals surface area (Å²) in [6.45, 7) is 9.94. The number of fused-ring (bicyclic) bond motifs is 1. The van der Waals surface area contributed by atoms with Crippen molar-refractivity contribution in [3.05, 3.63) is 83.3 Å². The number of nitrogens with zero attached hydrogens (tertiary/aromatic N) is 4. The molecule has 36 heavy (non-hydrogen) atoms. The second-order valence-electron chi connectivity index (χ2n) is 9.82. The number of carbonyl (C=O) groups excluding carboxylic acids is 2. The van der Waals surface area contributed by atoms with Gasteiger partial charge in [-0.3, -0.25) is 9.59 Å². The molecule has 0 aliphatic heterocycles. The molecule has 0 radical (unpaired) electrons. The van der Waals surface area contributed by atoms with Crippen LogP contribution in [0, 0.1) is 13.8 Å². The fraction of sp³-hybridized carbons (Fsp3) is 0.357. The number of amides is 2. The molecule has 4 aromatic rings. The van der Waals surface area contributed by atoms with Crippen LogP contribution in [0.2, 0.25) is 0 Å². The second kappa shape index (κ2) is 10.4. The minimum Gasteiger partial charge on any atom is -0.464 e. The van der Waals surface area contributed by atoms with Crippen LogP contribution in [0.3, 0.4) is 0 Å². The SMILES string of the molecule is CCC(C)(C)NC(=O)[C@H](c1ccc(C)o1)N(Cc1ccc(C)cc1)C(=O)Cn1nnc2ccccc21. The molecule has 2 aromatic heterocycles. The van der Waals surface area contributed by atoms with Crippen LogP contribution < -0.4 is 5.32 Å². The van der Waals surface area contributed by atoms with E-state index in [0.29, 0.717) is 17.0 Å². The average molecular weight is 488 g/mol. The van der Waals surface area contributed by atoms with Crippen LogP contribution >= 0.6 is 0 Å². The third-order valence-electron chi connectivity index (χ3n) is 6.44. The zero-order valence-corrected chi connectivity index (χ0v) is 21.5. The molecule has 0 fully saturated rings. The minimum absolute atomic E-state index is 0.0625. The first-order valence-corrected chi connectivity index (χ1v) is 12.2. The molecule has 2 aromatic carbocycles. The first kappa shape index (κ1) is 25.2. The molecule has 1 atom stereocenters. The van der Waals surface area contributed by atoms with E-state index in [1.807, 2.05) is 83.1 Å². The number of aromatic nitrogens is 3. The third kappa shape index (κ3) is 5.64. The van der Waals surface area contributed by atoms with Gasteiger partial charge in [0, 0.05) is 12.1 Å². The molecule has 188 valence electrons. The van der Waals surface area contributed by atoms with Crippen molar-refractivity contribution < 1.29 is 14.0 Å². The highest BCUT2D eigenvalue weighted by molar-refractivity contribution is 5.89. The summed E-state index contributed by atoms with van der Waals surface area (Å²) in [7, 11) is 0. The highest BCUT2D eigenvalue weighted by Crippen LogP contribution is 2.27. The molecule has 0 aliphatic rings. The number of rotatable bonds is 9. The van der Waals surface area contributed by atoms with Crippen LogP contribution in [0.1, 0.15) is 55.9 Å². The third-order valence-corrected chi connectivity index (χ3v) is 6.44. The van der Waals surface area contributed by atoms with Crippen molar-refractivity contribution in [3.8, 4) is 0 Å². The van der Waals surface area contributed by atoms with Crippen molar-refractivity contribution in [2.45, 2.75) is 65.7 Å². The molecule has 0 unspecified atom stereocenters. The first-order chi connectivity index (χ1) is 17.2. The molecule has 0 bridgehead atoms. The van der Waals surface area contributed by atoms with Gasteiger partial charge in [-0.25, -0.2) is 4.68 Å². The van der Waals surface area contributed by atoms with E-state index < -0.39 is 11.6 Å². The summed E-state index contributed by atoms with van der Waals surface area (Å²) in [6, 6.07) is 18.0. The van der Waals surface area contributed by atoms with Crippen LogP contribution in [0.15, 0.2) is 65.1 Å². The van der Waals surface area contributed by atoms with Gasteiger partial charge in [0.15, 0.2) is 6.04 Å². The number of nitrogens with one attached hydrogen (secondary N) is 1. The lowest BCUT2D eigenvalue weighted by atomic mass is 10.0. The van der Waals surface area contributed by atoms with Gasteiger partial charge in [0.2, 0.25) is 5.91 Å². The molecule has 0 saturated heterocycles. The highest BCUT2D eigenvalue weighted by Gasteiger charge is 2.36. The van der Waals surface area contributed by atoms with Gasteiger partial charge in [-0.05, 0) is 63.9 Å². The molecule has 0 spiro atoms. The van der Waals surface area contributed by atoms with E-state index in [1.165, 1.54) is 0 Å². The van der Waals surface area contributed by atoms with Gasteiger partial charge in [-0.2, -0.15) is 0 Å². The summed E-state index contributed by atoms with van der Waals surface area (Å²) in [5.74, 6) is 0.526. The van der Waals surface area contributed by atoms with Crippen molar-refractivity contribution >= 4 is 22.8 Å². The normalized spacial score (nSPS) is 12.5. The van der Waals surface area contributed by atoms with E-state index in [9.17, 15) is 9.59 Å². The number of benzene rings is 2. The Kier molecular flexibility index (Phi) is 7.24. The lowest BCUT2D eigenvalue weighted by Gasteiger charge is -2.33. The molecule has 2 amide bonds. The van der Waals surface area contributed by atoms with Gasteiger partial charge in [0.05, 0.1) is 5.52 Å². The number of aryl methyl sites for hydroxylation is 2. The molecule has 8 heteroatoms. The van der Waals surface area contributed by atoms with Gasteiger partial charge in [0.25, 0.3) is 5.91 Å². The molecule has 1 N–H and O–H groups in total. The summed E-state index contributed by atoms with van der Waals surface area (Å²) >= 11 is 0. The van der Waals surface area contributed by atoms with Crippen LogP contribution in [0.4, 0.5) is 0 Å². The predicted molar refractivity (Wildman–Crippen MR) is 138 cm³/mol. The topological polar surface area (TPSA) is 93.3 Å². The highest BCUT2D eigenvalue weighted by atomic mass is 16.3. The van der Waals surface area contributed by atoms with Crippen molar-refractivity contribution in [2.75, 3.05) is 0 Å². The van der Waals surface area contributed by atoms with Crippen LogP contribution in [-0.2, 0) is 22.7 Å². The second-order valence-corrected chi connectivity index (χ2v) is 9.82. The summed E-state index contributed by atoms with van der Waals surface area (Å²) < 4.78 is 7.49. The number of hydrogen-bond acceptors (Lipinski definition) is 5. The Hall–Kier alpha value is -3.94. The zero-order valence-electron chi connectivity index (χ0n) is 21.5. The minimum atomic E-state index is -0.951. The Bertz CT molecular complexity index is 1350. The Morgan fingerprint density at radius 1 is 1.06 bits per heavy atom. The van der Waals surface area contributed by atoms with Gasteiger partial charge in [-0.1, -0.05) is 54.1 Å². The Labute approximate surface area is 211 Å². The maximum absolute atomic E-state index is 13.9. The zero-order chi connectivity index (χ0) is 25.9. The smallest absolute Gasteiger partial charge is 0.251 e. The average Bonchev–Trinajstić information content (AvgIpc) is 3.46. The van der Waals surface area contributed by atoms with Gasteiger partial charge in [0.1, 0.15) is 23.6 Å². The molecule has 8 nitrogen and oxygen atoms in total. The first-order valence-electron chi connectivity index (χ1n) is 12.2. The van der Waals surface area contributed by atoms with Crippen molar-refractivity contribution in [2.24, 2.45) is 0 Å². The largest absolute Gasteiger partial charge is 0.464 e. The van der Waals surface area contributed by atoms with Crippen molar-refractivity contribution in [1.82, 2.24) is 25.2 Å². The number of furan rings is 1. The van der Waals surface area contributed by atoms with Crippen molar-refractivity contribution in [1.29, 1.82) is 0 Å². The van der Waals surface area contributed by atoms with E-state index in [-0.39, 0.29) is 24.9 Å². The summed E-state index contributed by atoms with van der Waals surface area (Å²) in [5.41, 5.74) is 3.04. The lowest BCUT2D eigenvalue weighted by Crippen LogP contribution is -2.50. The quantitative estimate of drug-likeness (QED) is 0.369. The Balaban J connectivity index is 1.74. The monoisotopic (exact) mass is 487 g/mol. The van der Waals surface area contributed by atoms with Crippen LogP contribution in [0.25, 0.3) is 11.0 Å². The van der Waals surface area contributed by atoms with E-state index in [0.717, 1.165) is 23.1 Å². The standard InChI is InChI=1S/C28H33N5O3/c1-6-28(4,5)29-27(35)26(24-16-13-20(3)36-24)32(17-21-14-11-19(2)12-15-21)25(34)18-33-23-10-8-7-9-22(23)30-31-33/h7-16,26H,6,17-18H2,1-5H3,(H,29,35)/t26-/m0/s1. The molecular weight excluding hydrogens is 454 g/mol. The molecule has 0 aliphatic carbocycles. The molecule has 2 heterocycles. The van der Waals surface area contributed by atoms with E-state index in [2.05, 4.69) is 15.6 Å². The van der Waals surface area contributed by atoms with Crippen LogP contribution in [-0.4, -0.2) is 37.2 Å². The van der Waals surface area contributed by atoms with Crippen molar-refractivity contribution in [3.63, 3.8) is 0 Å². The lowest BCUT2D eigenvalue weighted by molar-refractivity contribution is -0.143. The summed E-state index contributed by atoms with van der Waals surface area (Å²) in [6.07, 6.45) is 0.736. The molecular formula is C28H33N5O3. The van der Waals surface area contributed by atoms with Crippen LogP contribution in [0.5, 0.6) is 0 Å². The van der Waals surface area contributed by atoms with E-state index in [4.69, 9.17) is 4.42 Å². The molecule has 4 rings (SSSR count). The predicted octanol–water partition coefficient (Wildman–Crippen LogP) is 4.72. The maximum Gasteiger partial charge on any atom is 0.251 e. The fourth-order valence-electron chi connectivity index (χ4n) is 3.98. The van der Waals surface area contributed by atoms with Gasteiger partial charge >= 0.3 is 0 Å². The van der Waals surface area contributed by atoms with Gasteiger partial charge < -0.3 is 14.6 Å². The Morgan fingerprint density at radius 3 is 2.44 bits per heavy atom. The van der Waals surface area contributed by atoms with E-state index in [1.54, 1.807) is 21.7 Å². The maximum atomic E-state index is 13.9. The molecule has 0 saturated carbocycles. The number of hydrogen-bond donors (Lipinski definition) is 1. The summed E-state index contributed by atoms with van der Waals surface area (Å²) in [4.78, 5) is 29.2. The van der Waals surface area contributed by atoms with Gasteiger partial charge in [-0.15, -0.1) is 5.10 Å². The fourth-order valence-corrected chi connectivity index (χ4v) is 3.98. The number of carbonyl (C=O) groups is 2. The number of para-hydroxylation sites is 1. The Morgan fingerprint density at radius 2 is 1.78 bits per heavy atom. The summed E-state index contributed by atoms with van der Waals surface area (Å²) in [5, 5.41) is 11.5. The van der Waals surface area contributed by atoms with E-state index >= 15 is 0 Å².